The summed E-state index contributed by atoms with van der Waals surface area (Å²) in [4.78, 5) is 0. The predicted molar refractivity (Wildman–Crippen MR) is 126 cm³/mol. The number of nitrogens with two attached hydrogens (primary N) is 1. The third-order valence-electron chi connectivity index (χ3n) is 11.3. The van der Waals surface area contributed by atoms with Gasteiger partial charge in [0.25, 0.3) is 0 Å². The number of rotatable bonds is 6. The lowest BCUT2D eigenvalue weighted by atomic mass is 9.44. The maximum atomic E-state index is 6.08. The van der Waals surface area contributed by atoms with Crippen LogP contribution in [0.4, 0.5) is 0 Å². The van der Waals surface area contributed by atoms with Crippen molar-refractivity contribution >= 4 is 0 Å². The van der Waals surface area contributed by atoms with Gasteiger partial charge in [0.05, 0.1) is 0 Å². The SMILES string of the molecule is CC(C)CCC[C@@H](C)[C@H]1CC[C@H]2[C@@H]3CC[C@H]4C[C@H](CN)CC[C@]4(C)[C@H]3CC[C@]12C. The monoisotopic (exact) mass is 401 g/mol. The van der Waals surface area contributed by atoms with Crippen molar-refractivity contribution < 1.29 is 0 Å². The maximum Gasteiger partial charge on any atom is -0.00488 e. The van der Waals surface area contributed by atoms with Gasteiger partial charge in [-0.15, -0.1) is 0 Å². The lowest BCUT2D eigenvalue weighted by molar-refractivity contribution is -0.120. The fraction of sp³-hybridized carbons (Fsp3) is 1.00. The normalized spacial score (nSPS) is 48.1. The Morgan fingerprint density at radius 1 is 0.828 bits per heavy atom. The molecule has 29 heavy (non-hydrogen) atoms. The van der Waals surface area contributed by atoms with Gasteiger partial charge in [0, 0.05) is 0 Å². The second kappa shape index (κ2) is 8.48. The van der Waals surface area contributed by atoms with Crippen LogP contribution in [0.15, 0.2) is 0 Å². The minimum atomic E-state index is 0.636. The van der Waals surface area contributed by atoms with Crippen molar-refractivity contribution in [2.45, 2.75) is 112 Å². The molecule has 1 heteroatoms. The van der Waals surface area contributed by atoms with Crippen molar-refractivity contribution in [2.75, 3.05) is 6.54 Å². The second-order valence-corrected chi connectivity index (χ2v) is 13.1. The molecule has 0 radical (unpaired) electrons. The predicted octanol–water partition coefficient (Wildman–Crippen LogP) is 7.68. The van der Waals surface area contributed by atoms with Gasteiger partial charge in [0.1, 0.15) is 0 Å². The van der Waals surface area contributed by atoms with Crippen LogP contribution in [0.5, 0.6) is 0 Å². The number of hydrogen-bond acceptors (Lipinski definition) is 1. The van der Waals surface area contributed by atoms with Crippen LogP contribution < -0.4 is 5.73 Å². The van der Waals surface area contributed by atoms with Crippen LogP contribution in [-0.4, -0.2) is 6.54 Å². The molecule has 4 rings (SSSR count). The summed E-state index contributed by atoms with van der Waals surface area (Å²) in [6, 6.07) is 0. The minimum absolute atomic E-state index is 0.636. The molecule has 0 aromatic rings. The van der Waals surface area contributed by atoms with Crippen molar-refractivity contribution in [3.8, 4) is 0 Å². The van der Waals surface area contributed by atoms with Gasteiger partial charge in [-0.1, -0.05) is 53.9 Å². The third-order valence-corrected chi connectivity index (χ3v) is 11.3. The molecule has 0 bridgehead atoms. The topological polar surface area (TPSA) is 26.0 Å². The highest BCUT2D eigenvalue weighted by Crippen LogP contribution is 2.68. The Morgan fingerprint density at radius 3 is 2.28 bits per heavy atom. The molecule has 2 N–H and O–H groups in total. The number of hydrogen-bond donors (Lipinski definition) is 1. The smallest absolute Gasteiger partial charge is 0.00488 e. The van der Waals surface area contributed by atoms with Crippen LogP contribution in [0.1, 0.15) is 112 Å². The van der Waals surface area contributed by atoms with E-state index in [0.717, 1.165) is 53.9 Å². The Hall–Kier alpha value is -0.0400. The van der Waals surface area contributed by atoms with Crippen molar-refractivity contribution in [1.82, 2.24) is 0 Å². The Bertz CT molecular complexity index is 555. The maximum absolute atomic E-state index is 6.08. The van der Waals surface area contributed by atoms with Gasteiger partial charge >= 0.3 is 0 Å². The summed E-state index contributed by atoms with van der Waals surface area (Å²) in [6.07, 6.45) is 17.8. The molecule has 4 fully saturated rings. The van der Waals surface area contributed by atoms with Crippen molar-refractivity contribution in [3.05, 3.63) is 0 Å². The average molecular weight is 402 g/mol. The van der Waals surface area contributed by atoms with Crippen LogP contribution in [0.3, 0.4) is 0 Å². The zero-order valence-corrected chi connectivity index (χ0v) is 20.4. The summed E-state index contributed by atoms with van der Waals surface area (Å²) in [7, 11) is 0. The number of fused-ring (bicyclic) bond motifs is 5. The molecule has 0 heterocycles. The van der Waals surface area contributed by atoms with Crippen LogP contribution in [0.25, 0.3) is 0 Å². The highest BCUT2D eigenvalue weighted by Gasteiger charge is 2.60. The fourth-order valence-electron chi connectivity index (χ4n) is 9.59. The lowest BCUT2D eigenvalue weighted by Gasteiger charge is -2.61. The van der Waals surface area contributed by atoms with Crippen molar-refractivity contribution in [1.29, 1.82) is 0 Å². The highest BCUT2D eigenvalue weighted by atomic mass is 14.7. The summed E-state index contributed by atoms with van der Waals surface area (Å²) >= 11 is 0. The summed E-state index contributed by atoms with van der Waals surface area (Å²) < 4.78 is 0. The van der Waals surface area contributed by atoms with Crippen molar-refractivity contribution in [2.24, 2.45) is 63.9 Å². The Morgan fingerprint density at radius 2 is 1.55 bits per heavy atom. The first kappa shape index (κ1) is 22.2. The first-order valence-corrected chi connectivity index (χ1v) is 13.5. The van der Waals surface area contributed by atoms with E-state index >= 15 is 0 Å². The third kappa shape index (κ3) is 3.85. The van der Waals surface area contributed by atoms with Gasteiger partial charge in [0.2, 0.25) is 0 Å². The summed E-state index contributed by atoms with van der Waals surface area (Å²) in [5, 5.41) is 0. The van der Waals surface area contributed by atoms with Gasteiger partial charge in [0.15, 0.2) is 0 Å². The van der Waals surface area contributed by atoms with Gasteiger partial charge < -0.3 is 5.73 Å². The van der Waals surface area contributed by atoms with Gasteiger partial charge in [-0.3, -0.25) is 0 Å². The molecule has 0 aliphatic heterocycles. The summed E-state index contributed by atoms with van der Waals surface area (Å²) in [6.45, 7) is 13.8. The molecular weight excluding hydrogens is 350 g/mol. The molecule has 0 amide bonds. The van der Waals surface area contributed by atoms with Crippen LogP contribution in [-0.2, 0) is 0 Å². The van der Waals surface area contributed by atoms with E-state index < -0.39 is 0 Å². The zero-order chi connectivity index (χ0) is 20.8. The van der Waals surface area contributed by atoms with Crippen LogP contribution in [0.2, 0.25) is 0 Å². The minimum Gasteiger partial charge on any atom is -0.330 e. The highest BCUT2D eigenvalue weighted by molar-refractivity contribution is 5.09. The Kier molecular flexibility index (Phi) is 6.48. The summed E-state index contributed by atoms with van der Waals surface area (Å²) in [5.41, 5.74) is 7.37. The van der Waals surface area contributed by atoms with E-state index in [1.807, 2.05) is 0 Å². The molecule has 0 aromatic carbocycles. The molecule has 0 saturated heterocycles. The standard InChI is InChI=1S/C28H51N/c1-19(2)7-6-8-20(3)24-11-12-25-23-10-9-22-17-21(18-29)13-15-27(22,4)26(23)14-16-28(24,25)5/h19-26H,6-18,29H2,1-5H3/t20-,21-,22+,23+,24-,25+,26+,27+,28-/m1/s1. The largest absolute Gasteiger partial charge is 0.330 e. The van der Waals surface area contributed by atoms with Crippen molar-refractivity contribution in [3.63, 3.8) is 0 Å². The molecule has 9 atom stereocenters. The van der Waals surface area contributed by atoms with E-state index in [1.54, 1.807) is 6.42 Å². The molecule has 0 unspecified atom stereocenters. The molecule has 4 saturated carbocycles. The quantitative estimate of drug-likeness (QED) is 0.485. The van der Waals surface area contributed by atoms with Crippen LogP contribution >= 0.6 is 0 Å². The average Bonchev–Trinajstić information content (AvgIpc) is 3.04. The van der Waals surface area contributed by atoms with E-state index in [1.165, 1.54) is 70.6 Å². The van der Waals surface area contributed by atoms with E-state index in [0.29, 0.717) is 10.8 Å². The molecular formula is C28H51N. The van der Waals surface area contributed by atoms with E-state index in [9.17, 15) is 0 Å². The molecule has 4 aliphatic rings. The first-order valence-electron chi connectivity index (χ1n) is 13.5. The first-order chi connectivity index (χ1) is 13.8. The molecule has 0 aromatic heterocycles. The Labute approximate surface area is 182 Å². The molecule has 168 valence electrons. The molecule has 1 nitrogen and oxygen atoms in total. The van der Waals surface area contributed by atoms with Gasteiger partial charge in [-0.25, -0.2) is 0 Å². The fourth-order valence-corrected chi connectivity index (χ4v) is 9.59. The van der Waals surface area contributed by atoms with E-state index in [4.69, 9.17) is 5.73 Å². The second-order valence-electron chi connectivity index (χ2n) is 13.1. The van der Waals surface area contributed by atoms with E-state index in [-0.39, 0.29) is 0 Å². The van der Waals surface area contributed by atoms with Gasteiger partial charge in [-0.05, 0) is 123 Å². The zero-order valence-electron chi connectivity index (χ0n) is 20.4. The van der Waals surface area contributed by atoms with E-state index in [2.05, 4.69) is 34.6 Å². The van der Waals surface area contributed by atoms with Crippen LogP contribution in [0, 0.1) is 58.2 Å². The molecule has 0 spiro atoms. The Balaban J connectivity index is 1.45. The van der Waals surface area contributed by atoms with Gasteiger partial charge in [-0.2, -0.15) is 0 Å². The lowest BCUT2D eigenvalue weighted by Crippen LogP contribution is -2.54. The summed E-state index contributed by atoms with van der Waals surface area (Å²) in [5.74, 6) is 7.69. The molecule has 4 aliphatic carbocycles.